The Morgan fingerprint density at radius 3 is 2.56 bits per heavy atom. The fourth-order valence-corrected chi connectivity index (χ4v) is 2.61. The summed E-state index contributed by atoms with van der Waals surface area (Å²) in [5, 5.41) is 3.40. The van der Waals surface area contributed by atoms with Crippen LogP contribution in [-0.2, 0) is 0 Å². The number of anilines is 1. The van der Waals surface area contributed by atoms with Crippen LogP contribution >= 0.6 is 0 Å². The van der Waals surface area contributed by atoms with Crippen LogP contribution in [0.5, 0.6) is 0 Å². The molecule has 1 saturated carbocycles. The average Bonchev–Trinajstić information content (AvgIpc) is 3.14. The minimum Gasteiger partial charge on any atom is -0.369 e. The topological polar surface area (TPSA) is 15.3 Å². The predicted octanol–water partition coefficient (Wildman–Crippen LogP) is 2.28. The summed E-state index contributed by atoms with van der Waals surface area (Å²) in [6.45, 7) is 6.77. The molecule has 0 atom stereocenters. The summed E-state index contributed by atoms with van der Waals surface area (Å²) < 4.78 is 0. The highest BCUT2D eigenvalue weighted by Gasteiger charge is 2.24. The van der Waals surface area contributed by atoms with E-state index in [4.69, 9.17) is 0 Å². The number of rotatable bonds is 2. The molecule has 2 aliphatic rings. The van der Waals surface area contributed by atoms with Crippen molar-refractivity contribution in [1.82, 2.24) is 5.32 Å². The molecule has 1 heterocycles. The Balaban J connectivity index is 1.83. The maximum absolute atomic E-state index is 3.40. The fraction of sp³-hybridized carbons (Fsp3) is 0.571. The normalized spacial score (nSPS) is 21.2. The zero-order valence-corrected chi connectivity index (χ0v) is 10.00. The van der Waals surface area contributed by atoms with Crippen molar-refractivity contribution in [3.05, 3.63) is 29.3 Å². The third-order valence-corrected chi connectivity index (χ3v) is 3.73. The molecule has 0 bridgehead atoms. The molecule has 2 fully saturated rings. The van der Waals surface area contributed by atoms with Crippen molar-refractivity contribution in [3.8, 4) is 0 Å². The lowest BCUT2D eigenvalue weighted by Crippen LogP contribution is -2.43. The van der Waals surface area contributed by atoms with Gasteiger partial charge in [0.05, 0.1) is 0 Å². The van der Waals surface area contributed by atoms with E-state index in [9.17, 15) is 0 Å². The molecule has 0 radical (unpaired) electrons. The first-order valence-corrected chi connectivity index (χ1v) is 6.41. The summed E-state index contributed by atoms with van der Waals surface area (Å²) in [6.07, 6.45) is 2.79. The van der Waals surface area contributed by atoms with Crippen molar-refractivity contribution in [1.29, 1.82) is 0 Å². The van der Waals surface area contributed by atoms with E-state index >= 15 is 0 Å². The Morgan fingerprint density at radius 1 is 1.19 bits per heavy atom. The van der Waals surface area contributed by atoms with Crippen LogP contribution in [0.15, 0.2) is 18.2 Å². The number of piperazine rings is 1. The van der Waals surface area contributed by atoms with Gasteiger partial charge in [0.25, 0.3) is 0 Å². The van der Waals surface area contributed by atoms with Crippen LogP contribution in [0.1, 0.15) is 29.9 Å². The zero-order valence-electron chi connectivity index (χ0n) is 10.00. The van der Waals surface area contributed by atoms with Crippen molar-refractivity contribution in [2.24, 2.45) is 0 Å². The summed E-state index contributed by atoms with van der Waals surface area (Å²) in [4.78, 5) is 2.50. The lowest BCUT2D eigenvalue weighted by molar-refractivity contribution is 0.588. The van der Waals surface area contributed by atoms with E-state index in [-0.39, 0.29) is 0 Å². The van der Waals surface area contributed by atoms with Gasteiger partial charge in [-0.05, 0) is 42.9 Å². The second-order valence-corrected chi connectivity index (χ2v) is 5.06. The maximum atomic E-state index is 3.40. The molecule has 0 unspecified atom stereocenters. The van der Waals surface area contributed by atoms with Gasteiger partial charge in [-0.25, -0.2) is 0 Å². The molecule has 2 nitrogen and oxygen atoms in total. The minimum absolute atomic E-state index is 0.871. The first-order chi connectivity index (χ1) is 7.84. The van der Waals surface area contributed by atoms with Crippen molar-refractivity contribution in [2.45, 2.75) is 25.7 Å². The van der Waals surface area contributed by atoms with Gasteiger partial charge in [0.1, 0.15) is 0 Å². The summed E-state index contributed by atoms with van der Waals surface area (Å²) in [5.41, 5.74) is 4.44. The van der Waals surface area contributed by atoms with Crippen LogP contribution < -0.4 is 10.2 Å². The van der Waals surface area contributed by atoms with Crippen LogP contribution in [0.3, 0.4) is 0 Å². The second kappa shape index (κ2) is 4.10. The second-order valence-electron chi connectivity index (χ2n) is 5.06. The largest absolute Gasteiger partial charge is 0.369 e. The standard InChI is InChI=1S/C14H20N2/c1-11-10-13(12-2-3-12)4-5-14(11)16-8-6-15-7-9-16/h4-5,10,12,15H,2-3,6-9H2,1H3. The number of nitrogens with zero attached hydrogens (tertiary/aromatic N) is 1. The van der Waals surface area contributed by atoms with Crippen molar-refractivity contribution in [3.63, 3.8) is 0 Å². The SMILES string of the molecule is Cc1cc(C2CC2)ccc1N1CCNCC1. The van der Waals surface area contributed by atoms with Crippen LogP contribution in [0.2, 0.25) is 0 Å². The molecular weight excluding hydrogens is 196 g/mol. The smallest absolute Gasteiger partial charge is 0.0397 e. The van der Waals surface area contributed by atoms with E-state index in [1.165, 1.54) is 24.1 Å². The number of aryl methyl sites for hydroxylation is 1. The highest BCUT2D eigenvalue weighted by atomic mass is 15.2. The van der Waals surface area contributed by atoms with Gasteiger partial charge in [0.15, 0.2) is 0 Å². The Morgan fingerprint density at radius 2 is 1.94 bits per heavy atom. The predicted molar refractivity (Wildman–Crippen MR) is 68.2 cm³/mol. The van der Waals surface area contributed by atoms with E-state index < -0.39 is 0 Å². The van der Waals surface area contributed by atoms with Gasteiger partial charge < -0.3 is 10.2 Å². The van der Waals surface area contributed by atoms with E-state index in [1.54, 1.807) is 5.56 Å². The van der Waals surface area contributed by atoms with E-state index in [2.05, 4.69) is 35.3 Å². The van der Waals surface area contributed by atoms with Gasteiger partial charge in [0, 0.05) is 31.9 Å². The molecule has 1 aliphatic carbocycles. The highest BCUT2D eigenvalue weighted by molar-refractivity contribution is 5.55. The summed E-state index contributed by atoms with van der Waals surface area (Å²) >= 11 is 0. The lowest BCUT2D eigenvalue weighted by Gasteiger charge is -2.30. The van der Waals surface area contributed by atoms with Crippen LogP contribution in [0.25, 0.3) is 0 Å². The van der Waals surface area contributed by atoms with Gasteiger partial charge in [0.2, 0.25) is 0 Å². The summed E-state index contributed by atoms with van der Waals surface area (Å²) in [7, 11) is 0. The number of benzene rings is 1. The molecule has 3 rings (SSSR count). The molecule has 0 spiro atoms. The third-order valence-electron chi connectivity index (χ3n) is 3.73. The molecule has 86 valence electrons. The van der Waals surface area contributed by atoms with Crippen molar-refractivity contribution in [2.75, 3.05) is 31.1 Å². The first-order valence-electron chi connectivity index (χ1n) is 6.41. The Bertz CT molecular complexity index is 376. The van der Waals surface area contributed by atoms with Crippen molar-refractivity contribution >= 4 is 5.69 Å². The molecule has 1 N–H and O–H groups in total. The number of hydrogen-bond donors (Lipinski definition) is 1. The monoisotopic (exact) mass is 216 g/mol. The van der Waals surface area contributed by atoms with Crippen LogP contribution in [0.4, 0.5) is 5.69 Å². The maximum Gasteiger partial charge on any atom is 0.0397 e. The molecule has 2 heteroatoms. The molecule has 16 heavy (non-hydrogen) atoms. The van der Waals surface area contributed by atoms with Crippen LogP contribution in [-0.4, -0.2) is 26.2 Å². The Labute approximate surface area is 97.6 Å². The van der Waals surface area contributed by atoms with E-state index in [0.29, 0.717) is 0 Å². The third kappa shape index (κ3) is 1.94. The summed E-state index contributed by atoms with van der Waals surface area (Å²) in [6, 6.07) is 7.06. The number of hydrogen-bond acceptors (Lipinski definition) is 2. The Hall–Kier alpha value is -1.02. The van der Waals surface area contributed by atoms with E-state index in [0.717, 1.165) is 32.1 Å². The van der Waals surface area contributed by atoms with Gasteiger partial charge in [-0.2, -0.15) is 0 Å². The molecule has 1 aliphatic heterocycles. The van der Waals surface area contributed by atoms with Crippen LogP contribution in [0, 0.1) is 6.92 Å². The van der Waals surface area contributed by atoms with Gasteiger partial charge in [-0.3, -0.25) is 0 Å². The average molecular weight is 216 g/mol. The first kappa shape index (κ1) is 10.2. The molecule has 0 aromatic heterocycles. The molecule has 1 saturated heterocycles. The lowest BCUT2D eigenvalue weighted by atomic mass is 10.1. The summed E-state index contributed by atoms with van der Waals surface area (Å²) in [5.74, 6) is 0.871. The zero-order chi connectivity index (χ0) is 11.0. The Kier molecular flexibility index (Phi) is 2.60. The van der Waals surface area contributed by atoms with Gasteiger partial charge >= 0.3 is 0 Å². The quantitative estimate of drug-likeness (QED) is 0.816. The molecule has 1 aromatic carbocycles. The van der Waals surface area contributed by atoms with Gasteiger partial charge in [-0.15, -0.1) is 0 Å². The van der Waals surface area contributed by atoms with Gasteiger partial charge in [-0.1, -0.05) is 12.1 Å². The fourth-order valence-electron chi connectivity index (χ4n) is 2.61. The minimum atomic E-state index is 0.871. The highest BCUT2D eigenvalue weighted by Crippen LogP contribution is 2.41. The molecule has 1 aromatic rings. The molecular formula is C14H20N2. The van der Waals surface area contributed by atoms with Crippen molar-refractivity contribution < 1.29 is 0 Å². The van der Waals surface area contributed by atoms with E-state index in [1.807, 2.05) is 0 Å². The number of nitrogens with one attached hydrogen (secondary N) is 1. The molecule has 0 amide bonds.